The second-order valence-electron chi connectivity index (χ2n) is 7.91. The molecule has 0 aromatic heterocycles. The van der Waals surface area contributed by atoms with E-state index in [-0.39, 0.29) is 22.5 Å². The molecule has 0 spiro atoms. The lowest BCUT2D eigenvalue weighted by molar-refractivity contribution is -0.136. The number of alkyl halides is 3. The predicted molar refractivity (Wildman–Crippen MR) is 117 cm³/mol. The molecule has 0 saturated carbocycles. The summed E-state index contributed by atoms with van der Waals surface area (Å²) >= 11 is 0. The Morgan fingerprint density at radius 2 is 1.88 bits per heavy atom. The Balaban J connectivity index is 1.49. The zero-order valence-electron chi connectivity index (χ0n) is 17.4. The second kappa shape index (κ2) is 9.20. The second-order valence-corrected chi connectivity index (χ2v) is 7.91. The van der Waals surface area contributed by atoms with Gasteiger partial charge < -0.3 is 20.9 Å². The van der Waals surface area contributed by atoms with Gasteiger partial charge in [0.25, 0.3) is 5.91 Å². The van der Waals surface area contributed by atoms with Gasteiger partial charge in [-0.2, -0.15) is 13.2 Å². The van der Waals surface area contributed by atoms with E-state index in [1.165, 1.54) is 36.9 Å². The molecule has 0 radical (unpaired) electrons. The molecule has 170 valence electrons. The van der Waals surface area contributed by atoms with Crippen LogP contribution in [0.4, 0.5) is 34.6 Å². The predicted octanol–water partition coefficient (Wildman–Crippen LogP) is 5.15. The summed E-state index contributed by atoms with van der Waals surface area (Å²) in [5.41, 5.74) is -0.214. The molecule has 1 amide bonds. The zero-order chi connectivity index (χ0) is 22.7. The number of carbonyl (C=O) groups excluding carboxylic acids is 1. The first-order chi connectivity index (χ1) is 15.3. The minimum atomic E-state index is -4.55. The van der Waals surface area contributed by atoms with Crippen molar-refractivity contribution >= 4 is 28.5 Å². The standard InChI is InChI=1S/C23H24F4N4O/c24-18-5-4-6-20-21(18)16(22(32)30-20)14-29-15-7-8-19(17(13-15)23(25,26)27)28-9-12-31-10-2-1-3-11-31/h4-8,13-14,28-29H,1-3,9-12H2,(H,30,32)/b16-14+. The van der Waals surface area contributed by atoms with Gasteiger partial charge in [-0.15, -0.1) is 0 Å². The third-order valence-electron chi connectivity index (χ3n) is 5.68. The number of likely N-dealkylation sites (tertiary alicyclic amines) is 1. The van der Waals surface area contributed by atoms with Crippen LogP contribution in [0.15, 0.2) is 42.6 Å². The number of benzene rings is 2. The molecule has 2 aliphatic heterocycles. The molecule has 2 aromatic carbocycles. The number of amides is 1. The average Bonchev–Trinajstić information content (AvgIpc) is 3.09. The molecule has 5 nitrogen and oxygen atoms in total. The molecule has 1 fully saturated rings. The number of hydrogen-bond donors (Lipinski definition) is 3. The van der Waals surface area contributed by atoms with Crippen molar-refractivity contribution in [2.45, 2.75) is 25.4 Å². The molecule has 1 saturated heterocycles. The Kier molecular flexibility index (Phi) is 6.36. The fourth-order valence-electron chi connectivity index (χ4n) is 4.05. The number of hydrogen-bond acceptors (Lipinski definition) is 4. The number of anilines is 3. The fourth-order valence-corrected chi connectivity index (χ4v) is 4.05. The number of halogens is 4. The van der Waals surface area contributed by atoms with Crippen LogP contribution in [0.1, 0.15) is 30.4 Å². The summed E-state index contributed by atoms with van der Waals surface area (Å²) in [7, 11) is 0. The molecule has 0 aliphatic carbocycles. The van der Waals surface area contributed by atoms with Gasteiger partial charge in [0.1, 0.15) is 5.82 Å². The molecule has 0 atom stereocenters. The smallest absolute Gasteiger partial charge is 0.383 e. The van der Waals surface area contributed by atoms with Gasteiger partial charge in [-0.3, -0.25) is 4.79 Å². The van der Waals surface area contributed by atoms with Crippen LogP contribution in [-0.2, 0) is 11.0 Å². The highest BCUT2D eigenvalue weighted by Crippen LogP contribution is 2.37. The van der Waals surface area contributed by atoms with Gasteiger partial charge in [-0.05, 0) is 56.3 Å². The van der Waals surface area contributed by atoms with E-state index in [0.29, 0.717) is 18.8 Å². The van der Waals surface area contributed by atoms with Gasteiger partial charge in [0.2, 0.25) is 0 Å². The molecule has 2 aromatic rings. The summed E-state index contributed by atoms with van der Waals surface area (Å²) in [6.45, 7) is 3.05. The molecular weight excluding hydrogens is 424 g/mol. The highest BCUT2D eigenvalue weighted by molar-refractivity contribution is 6.31. The first-order valence-electron chi connectivity index (χ1n) is 10.6. The topological polar surface area (TPSA) is 56.4 Å². The fraction of sp³-hybridized carbons (Fsp3) is 0.348. The molecule has 9 heteroatoms. The van der Waals surface area contributed by atoms with Crippen molar-refractivity contribution in [3.63, 3.8) is 0 Å². The largest absolute Gasteiger partial charge is 0.418 e. The minimum Gasteiger partial charge on any atom is -0.383 e. The van der Waals surface area contributed by atoms with Crippen molar-refractivity contribution in [3.8, 4) is 0 Å². The van der Waals surface area contributed by atoms with Gasteiger partial charge in [0.15, 0.2) is 0 Å². The number of rotatable bonds is 6. The number of fused-ring (bicyclic) bond motifs is 1. The van der Waals surface area contributed by atoms with Crippen LogP contribution >= 0.6 is 0 Å². The lowest BCUT2D eigenvalue weighted by Gasteiger charge is -2.26. The van der Waals surface area contributed by atoms with E-state index in [9.17, 15) is 22.4 Å². The number of nitrogens with one attached hydrogen (secondary N) is 3. The van der Waals surface area contributed by atoms with E-state index in [1.807, 2.05) is 0 Å². The monoisotopic (exact) mass is 448 g/mol. The van der Waals surface area contributed by atoms with Crippen molar-refractivity contribution in [1.82, 2.24) is 4.90 Å². The summed E-state index contributed by atoms with van der Waals surface area (Å²) in [5.74, 6) is -1.11. The molecule has 32 heavy (non-hydrogen) atoms. The Bertz CT molecular complexity index is 1030. The van der Waals surface area contributed by atoms with Gasteiger partial charge in [-0.25, -0.2) is 4.39 Å². The SMILES string of the molecule is O=C1Nc2cccc(F)c2/C1=C\Nc1ccc(NCCN2CCCCC2)c(C(F)(F)F)c1. The van der Waals surface area contributed by atoms with Gasteiger partial charge in [0.05, 0.1) is 16.8 Å². The molecule has 0 bridgehead atoms. The normalized spacial score (nSPS) is 17.9. The van der Waals surface area contributed by atoms with E-state index in [2.05, 4.69) is 20.9 Å². The third-order valence-corrected chi connectivity index (χ3v) is 5.68. The van der Waals surface area contributed by atoms with Crippen molar-refractivity contribution < 1.29 is 22.4 Å². The van der Waals surface area contributed by atoms with E-state index in [4.69, 9.17) is 0 Å². The Morgan fingerprint density at radius 1 is 1.09 bits per heavy atom. The van der Waals surface area contributed by atoms with Crippen LogP contribution in [0.25, 0.3) is 5.57 Å². The van der Waals surface area contributed by atoms with Crippen molar-refractivity contribution in [3.05, 3.63) is 59.5 Å². The average molecular weight is 448 g/mol. The van der Waals surface area contributed by atoms with Crippen LogP contribution in [0.3, 0.4) is 0 Å². The third kappa shape index (κ3) is 4.88. The van der Waals surface area contributed by atoms with Crippen molar-refractivity contribution in [1.29, 1.82) is 0 Å². The van der Waals surface area contributed by atoms with Crippen LogP contribution in [-0.4, -0.2) is 37.0 Å². The van der Waals surface area contributed by atoms with Crippen LogP contribution < -0.4 is 16.0 Å². The summed E-state index contributed by atoms with van der Waals surface area (Å²) in [4.78, 5) is 14.4. The number of carbonyl (C=O) groups is 1. The number of piperidine rings is 1. The summed E-state index contributed by atoms with van der Waals surface area (Å²) in [5, 5.41) is 8.15. The van der Waals surface area contributed by atoms with Gasteiger partial charge in [-0.1, -0.05) is 12.5 Å². The van der Waals surface area contributed by atoms with Crippen molar-refractivity contribution in [2.75, 3.05) is 42.1 Å². The summed E-state index contributed by atoms with van der Waals surface area (Å²) < 4.78 is 55.1. The maximum absolute atomic E-state index is 14.1. The van der Waals surface area contributed by atoms with Crippen LogP contribution in [0.5, 0.6) is 0 Å². The van der Waals surface area contributed by atoms with E-state index >= 15 is 0 Å². The zero-order valence-corrected chi connectivity index (χ0v) is 17.4. The van der Waals surface area contributed by atoms with Gasteiger partial charge >= 0.3 is 6.18 Å². The lowest BCUT2D eigenvalue weighted by atomic mass is 10.1. The molecule has 0 unspecified atom stereocenters. The van der Waals surface area contributed by atoms with Crippen LogP contribution in [0, 0.1) is 5.82 Å². The lowest BCUT2D eigenvalue weighted by Crippen LogP contribution is -2.33. The molecule has 3 N–H and O–H groups in total. The summed E-state index contributed by atoms with van der Waals surface area (Å²) in [6.07, 6.45) is 0.115. The molecule has 2 heterocycles. The maximum atomic E-state index is 14.1. The van der Waals surface area contributed by atoms with Crippen molar-refractivity contribution in [2.24, 2.45) is 0 Å². The number of nitrogens with zero attached hydrogens (tertiary/aromatic N) is 1. The molecular formula is C23H24F4N4O. The first kappa shape index (κ1) is 22.1. The van der Waals surface area contributed by atoms with Crippen LogP contribution in [0.2, 0.25) is 0 Å². The quantitative estimate of drug-likeness (QED) is 0.423. The maximum Gasteiger partial charge on any atom is 0.418 e. The highest BCUT2D eigenvalue weighted by Gasteiger charge is 2.34. The van der Waals surface area contributed by atoms with E-state index in [0.717, 1.165) is 32.0 Å². The first-order valence-corrected chi connectivity index (χ1v) is 10.6. The molecule has 2 aliphatic rings. The highest BCUT2D eigenvalue weighted by atomic mass is 19.4. The summed E-state index contributed by atoms with van der Waals surface area (Å²) in [6, 6.07) is 8.09. The van der Waals surface area contributed by atoms with E-state index < -0.39 is 23.5 Å². The minimum absolute atomic E-state index is 0.00251. The Morgan fingerprint density at radius 3 is 2.62 bits per heavy atom. The molecule has 4 rings (SSSR count). The Hall–Kier alpha value is -3.07. The van der Waals surface area contributed by atoms with Gasteiger partial charge in [0, 0.05) is 36.2 Å². The van der Waals surface area contributed by atoms with E-state index in [1.54, 1.807) is 6.07 Å². The Labute approximate surface area is 183 Å².